The third-order valence-corrected chi connectivity index (χ3v) is 3.91. The fourth-order valence-electron chi connectivity index (χ4n) is 1.44. The first kappa shape index (κ1) is 14.8. The highest BCUT2D eigenvalue weighted by molar-refractivity contribution is 9.10. The Hall–Kier alpha value is -0.580. The molecule has 0 unspecified atom stereocenters. The van der Waals surface area contributed by atoms with Crippen LogP contribution in [0.25, 0.3) is 0 Å². The zero-order valence-electron chi connectivity index (χ0n) is 10.9. The highest BCUT2D eigenvalue weighted by atomic mass is 79.9. The molecule has 0 fully saturated rings. The molecule has 0 atom stereocenters. The SMILES string of the molecule is CC(C)(C)c1nc(Br)cc(Sc2cccc(Cl)c2)n1. The maximum absolute atomic E-state index is 5.99. The van der Waals surface area contributed by atoms with Crippen LogP contribution in [0.4, 0.5) is 0 Å². The summed E-state index contributed by atoms with van der Waals surface area (Å²) in [5, 5.41) is 1.64. The van der Waals surface area contributed by atoms with Gasteiger partial charge in [0.15, 0.2) is 0 Å². The summed E-state index contributed by atoms with van der Waals surface area (Å²) in [6.07, 6.45) is 0. The van der Waals surface area contributed by atoms with Crippen LogP contribution in [0.1, 0.15) is 26.6 Å². The van der Waals surface area contributed by atoms with Crippen LogP contribution in [0.5, 0.6) is 0 Å². The van der Waals surface area contributed by atoms with Crippen molar-refractivity contribution in [2.75, 3.05) is 0 Å². The molecule has 2 aromatic rings. The van der Waals surface area contributed by atoms with E-state index in [1.54, 1.807) is 11.8 Å². The number of rotatable bonds is 2. The first-order valence-electron chi connectivity index (χ1n) is 5.83. The van der Waals surface area contributed by atoms with E-state index in [2.05, 4.69) is 46.7 Å². The molecule has 0 saturated carbocycles. The maximum Gasteiger partial charge on any atom is 0.136 e. The van der Waals surface area contributed by atoms with E-state index in [0.29, 0.717) is 0 Å². The molecule has 0 aliphatic heterocycles. The van der Waals surface area contributed by atoms with Gasteiger partial charge in [-0.05, 0) is 34.1 Å². The number of halogens is 2. The highest BCUT2D eigenvalue weighted by Crippen LogP contribution is 2.31. The number of hydrogen-bond donors (Lipinski definition) is 0. The van der Waals surface area contributed by atoms with Crippen LogP contribution < -0.4 is 0 Å². The Labute approximate surface area is 131 Å². The summed E-state index contributed by atoms with van der Waals surface area (Å²) in [4.78, 5) is 10.1. The van der Waals surface area contributed by atoms with Gasteiger partial charge in [-0.1, -0.05) is 50.2 Å². The van der Waals surface area contributed by atoms with Gasteiger partial charge in [-0.25, -0.2) is 9.97 Å². The molecule has 2 rings (SSSR count). The second-order valence-electron chi connectivity index (χ2n) is 5.16. The van der Waals surface area contributed by atoms with Gasteiger partial charge in [0.2, 0.25) is 0 Å². The third-order valence-electron chi connectivity index (χ3n) is 2.36. The van der Waals surface area contributed by atoms with Crippen molar-refractivity contribution in [2.24, 2.45) is 0 Å². The van der Waals surface area contributed by atoms with Crippen LogP contribution in [-0.2, 0) is 5.41 Å². The molecule has 0 N–H and O–H groups in total. The maximum atomic E-state index is 5.99. The highest BCUT2D eigenvalue weighted by Gasteiger charge is 2.19. The summed E-state index contributed by atoms with van der Waals surface area (Å²) in [6, 6.07) is 9.66. The first-order valence-corrected chi connectivity index (χ1v) is 7.82. The van der Waals surface area contributed by atoms with E-state index in [-0.39, 0.29) is 5.41 Å². The summed E-state index contributed by atoms with van der Waals surface area (Å²) in [7, 11) is 0. The van der Waals surface area contributed by atoms with E-state index in [9.17, 15) is 0 Å². The molecule has 0 aliphatic rings. The molecule has 0 radical (unpaired) electrons. The zero-order chi connectivity index (χ0) is 14.0. The molecule has 0 spiro atoms. The average molecular weight is 358 g/mol. The standard InChI is InChI=1S/C14H14BrClN2S/c1-14(2,3)13-17-11(15)8-12(18-13)19-10-6-4-5-9(16)7-10/h4-8H,1-3H3. The van der Waals surface area contributed by atoms with Gasteiger partial charge in [0.05, 0.1) is 0 Å². The van der Waals surface area contributed by atoms with Gasteiger partial charge in [-0.3, -0.25) is 0 Å². The van der Waals surface area contributed by atoms with E-state index in [1.165, 1.54) is 0 Å². The van der Waals surface area contributed by atoms with E-state index in [0.717, 1.165) is 25.4 Å². The second kappa shape index (κ2) is 5.81. The molecule has 0 amide bonds. The van der Waals surface area contributed by atoms with Crippen molar-refractivity contribution in [1.82, 2.24) is 9.97 Å². The molecular formula is C14H14BrClN2S. The zero-order valence-corrected chi connectivity index (χ0v) is 14.1. The lowest BCUT2D eigenvalue weighted by atomic mass is 9.96. The van der Waals surface area contributed by atoms with Gasteiger partial charge in [0, 0.05) is 21.4 Å². The molecule has 19 heavy (non-hydrogen) atoms. The van der Waals surface area contributed by atoms with Crippen LogP contribution in [0.2, 0.25) is 5.02 Å². The predicted molar refractivity (Wildman–Crippen MR) is 84.0 cm³/mol. The van der Waals surface area contributed by atoms with Gasteiger partial charge in [-0.2, -0.15) is 0 Å². The minimum Gasteiger partial charge on any atom is -0.226 e. The first-order chi connectivity index (χ1) is 8.84. The molecular weight excluding hydrogens is 344 g/mol. The Balaban J connectivity index is 2.33. The van der Waals surface area contributed by atoms with Crippen molar-refractivity contribution < 1.29 is 0 Å². The van der Waals surface area contributed by atoms with Gasteiger partial charge in [-0.15, -0.1) is 0 Å². The monoisotopic (exact) mass is 356 g/mol. The summed E-state index contributed by atoms with van der Waals surface area (Å²) in [6.45, 7) is 6.30. The number of nitrogens with zero attached hydrogens (tertiary/aromatic N) is 2. The topological polar surface area (TPSA) is 25.8 Å². The molecule has 0 bridgehead atoms. The lowest BCUT2D eigenvalue weighted by Crippen LogP contribution is -2.16. The molecule has 1 heterocycles. The van der Waals surface area contributed by atoms with Gasteiger partial charge in [0.1, 0.15) is 15.5 Å². The van der Waals surface area contributed by atoms with Crippen molar-refractivity contribution >= 4 is 39.3 Å². The van der Waals surface area contributed by atoms with Crippen LogP contribution >= 0.6 is 39.3 Å². The Bertz CT molecular complexity index is 596. The van der Waals surface area contributed by atoms with Crippen molar-refractivity contribution in [2.45, 2.75) is 36.1 Å². The van der Waals surface area contributed by atoms with Crippen LogP contribution in [0.15, 0.2) is 44.9 Å². The average Bonchev–Trinajstić information content (AvgIpc) is 2.26. The lowest BCUT2D eigenvalue weighted by Gasteiger charge is -2.17. The van der Waals surface area contributed by atoms with Crippen molar-refractivity contribution in [3.63, 3.8) is 0 Å². The quantitative estimate of drug-likeness (QED) is 0.678. The molecule has 1 aromatic heterocycles. The van der Waals surface area contributed by atoms with E-state index < -0.39 is 0 Å². The summed E-state index contributed by atoms with van der Waals surface area (Å²) in [5.74, 6) is 0.825. The predicted octanol–water partition coefficient (Wildman–Crippen LogP) is 5.34. The number of hydrogen-bond acceptors (Lipinski definition) is 3. The van der Waals surface area contributed by atoms with Gasteiger partial charge >= 0.3 is 0 Å². The largest absolute Gasteiger partial charge is 0.226 e. The lowest BCUT2D eigenvalue weighted by molar-refractivity contribution is 0.536. The minimum absolute atomic E-state index is 0.0760. The number of aromatic nitrogens is 2. The normalized spacial score (nSPS) is 11.6. The summed E-state index contributed by atoms with van der Waals surface area (Å²) in [5.41, 5.74) is -0.0760. The smallest absolute Gasteiger partial charge is 0.136 e. The van der Waals surface area contributed by atoms with Gasteiger partial charge < -0.3 is 0 Å². The molecule has 0 aliphatic carbocycles. The molecule has 1 aromatic carbocycles. The van der Waals surface area contributed by atoms with Crippen LogP contribution in [0.3, 0.4) is 0 Å². The van der Waals surface area contributed by atoms with E-state index >= 15 is 0 Å². The Morgan fingerprint density at radius 2 is 1.89 bits per heavy atom. The minimum atomic E-state index is -0.0760. The van der Waals surface area contributed by atoms with Crippen LogP contribution in [0, 0.1) is 0 Å². The molecule has 0 saturated heterocycles. The Morgan fingerprint density at radius 3 is 2.53 bits per heavy atom. The van der Waals surface area contributed by atoms with Gasteiger partial charge in [0.25, 0.3) is 0 Å². The summed E-state index contributed by atoms with van der Waals surface area (Å²) >= 11 is 11.0. The van der Waals surface area contributed by atoms with Crippen molar-refractivity contribution in [3.05, 3.63) is 45.8 Å². The fraction of sp³-hybridized carbons (Fsp3) is 0.286. The second-order valence-corrected chi connectivity index (χ2v) is 7.50. The fourth-order valence-corrected chi connectivity index (χ4v) is 3.10. The molecule has 100 valence electrons. The van der Waals surface area contributed by atoms with Crippen LogP contribution in [-0.4, -0.2) is 9.97 Å². The molecule has 2 nitrogen and oxygen atoms in total. The van der Waals surface area contributed by atoms with Crippen molar-refractivity contribution in [3.8, 4) is 0 Å². The van der Waals surface area contributed by atoms with Crippen molar-refractivity contribution in [1.29, 1.82) is 0 Å². The third kappa shape index (κ3) is 4.20. The van der Waals surface area contributed by atoms with E-state index in [1.807, 2.05) is 30.3 Å². The Kier molecular flexibility index (Phi) is 4.54. The molecule has 5 heteroatoms. The summed E-state index contributed by atoms with van der Waals surface area (Å²) < 4.78 is 0.803. The Morgan fingerprint density at radius 1 is 1.16 bits per heavy atom. The van der Waals surface area contributed by atoms with E-state index in [4.69, 9.17) is 11.6 Å². The number of benzene rings is 1.